The Balaban J connectivity index is 1.57. The summed E-state index contributed by atoms with van der Waals surface area (Å²) in [6.45, 7) is 8.80. The number of aryl methyl sites for hydroxylation is 1. The summed E-state index contributed by atoms with van der Waals surface area (Å²) in [5.41, 5.74) is 7.94. The molecule has 2 heterocycles. The van der Waals surface area contributed by atoms with Gasteiger partial charge < -0.3 is 14.6 Å². The Morgan fingerprint density at radius 3 is 2.44 bits per heavy atom. The molecule has 0 unspecified atom stereocenters. The van der Waals surface area contributed by atoms with Crippen molar-refractivity contribution < 1.29 is 9.90 Å². The van der Waals surface area contributed by atoms with Crippen LogP contribution in [0.15, 0.2) is 57.8 Å². The van der Waals surface area contributed by atoms with E-state index >= 15 is 0 Å². The number of aromatic nitrogens is 1. The molecular formula is C26H30N6O2. The zero-order chi connectivity index (χ0) is 24.1. The number of rotatable bonds is 8. The lowest BCUT2D eigenvalue weighted by molar-refractivity contribution is -0.121. The van der Waals surface area contributed by atoms with Crippen molar-refractivity contribution >= 4 is 40.6 Å². The molecule has 0 radical (unpaired) electrons. The zero-order valence-electron chi connectivity index (χ0n) is 19.8. The van der Waals surface area contributed by atoms with Crippen LogP contribution in [0.25, 0.3) is 10.9 Å². The van der Waals surface area contributed by atoms with E-state index in [1.165, 1.54) is 5.69 Å². The minimum Gasteiger partial charge on any atom is -0.494 e. The number of fused-ring (bicyclic) bond motifs is 1. The number of aromatic hydroxyl groups is 1. The van der Waals surface area contributed by atoms with Gasteiger partial charge in [0.25, 0.3) is 0 Å². The fourth-order valence-electron chi connectivity index (χ4n) is 4.22. The van der Waals surface area contributed by atoms with Gasteiger partial charge in [0.05, 0.1) is 29.2 Å². The first-order valence-electron chi connectivity index (χ1n) is 11.7. The van der Waals surface area contributed by atoms with Crippen molar-refractivity contribution in [2.45, 2.75) is 40.2 Å². The van der Waals surface area contributed by atoms with E-state index in [0.29, 0.717) is 24.9 Å². The van der Waals surface area contributed by atoms with Crippen LogP contribution in [-0.4, -0.2) is 46.8 Å². The van der Waals surface area contributed by atoms with Crippen LogP contribution in [0.3, 0.4) is 0 Å². The molecular weight excluding hydrogens is 428 g/mol. The van der Waals surface area contributed by atoms with Gasteiger partial charge >= 0.3 is 0 Å². The minimum atomic E-state index is -0.0710. The number of nitrogens with one attached hydrogen (secondary N) is 1. The van der Waals surface area contributed by atoms with Crippen molar-refractivity contribution in [1.29, 1.82) is 0 Å². The quantitative estimate of drug-likeness (QED) is 0.390. The number of carbonyl (C=O) groups is 1. The smallest absolute Gasteiger partial charge is 0.240 e. The Bertz CT molecular complexity index is 1270. The standard InChI is InChI=1S/C26H30N6O2/c1-4-31(5-2)20-10-7-18(8-11-20)16-27-28-17-22-21-12-9-19(23-13-14-25(33)30-29-23)15-24(21)32(6-3)26(22)34/h7-12,15-17,34H,4-6,13-14H2,1-3H3,(H,30,33)/b27-16?,28-17+. The number of amides is 1. The van der Waals surface area contributed by atoms with Crippen molar-refractivity contribution in [3.63, 3.8) is 0 Å². The van der Waals surface area contributed by atoms with Gasteiger partial charge in [-0.2, -0.15) is 15.3 Å². The number of hydrogen-bond donors (Lipinski definition) is 2. The molecule has 8 heteroatoms. The summed E-state index contributed by atoms with van der Waals surface area (Å²) >= 11 is 0. The summed E-state index contributed by atoms with van der Waals surface area (Å²) < 4.78 is 1.83. The molecule has 1 amide bonds. The molecule has 0 spiro atoms. The molecule has 0 fully saturated rings. The highest BCUT2D eigenvalue weighted by atomic mass is 16.3. The van der Waals surface area contributed by atoms with E-state index in [1.807, 2.05) is 41.8 Å². The van der Waals surface area contributed by atoms with Crippen LogP contribution in [0.5, 0.6) is 5.88 Å². The zero-order valence-corrected chi connectivity index (χ0v) is 19.8. The Kier molecular flexibility index (Phi) is 7.06. The molecule has 3 aromatic rings. The van der Waals surface area contributed by atoms with Gasteiger partial charge in [-0.3, -0.25) is 4.79 Å². The van der Waals surface area contributed by atoms with Crippen LogP contribution in [0.1, 0.15) is 50.3 Å². The highest BCUT2D eigenvalue weighted by molar-refractivity contribution is 6.09. The van der Waals surface area contributed by atoms with Gasteiger partial charge in [0.15, 0.2) is 0 Å². The highest BCUT2D eigenvalue weighted by Gasteiger charge is 2.18. The number of benzene rings is 2. The second kappa shape index (κ2) is 10.3. The molecule has 8 nitrogen and oxygen atoms in total. The van der Waals surface area contributed by atoms with Crippen LogP contribution in [0.2, 0.25) is 0 Å². The average molecular weight is 459 g/mol. The maximum Gasteiger partial charge on any atom is 0.240 e. The number of nitrogens with zero attached hydrogens (tertiary/aromatic N) is 5. The van der Waals surface area contributed by atoms with E-state index in [2.05, 4.69) is 51.6 Å². The van der Waals surface area contributed by atoms with Gasteiger partial charge in [-0.15, -0.1) is 0 Å². The number of anilines is 1. The van der Waals surface area contributed by atoms with Gasteiger partial charge in [-0.25, -0.2) is 5.43 Å². The van der Waals surface area contributed by atoms with E-state index < -0.39 is 0 Å². The second-order valence-corrected chi connectivity index (χ2v) is 8.06. The molecule has 0 bridgehead atoms. The van der Waals surface area contributed by atoms with E-state index in [1.54, 1.807) is 12.4 Å². The Hall–Kier alpha value is -3.94. The second-order valence-electron chi connectivity index (χ2n) is 8.06. The maximum atomic E-state index is 11.4. The first-order chi connectivity index (χ1) is 16.5. The molecule has 1 aliphatic heterocycles. The molecule has 4 rings (SSSR count). The van der Waals surface area contributed by atoms with Gasteiger partial charge in [0.1, 0.15) is 0 Å². The number of hydrogen-bond acceptors (Lipinski definition) is 6. The van der Waals surface area contributed by atoms with Gasteiger partial charge in [-0.05, 0) is 50.1 Å². The summed E-state index contributed by atoms with van der Waals surface area (Å²) in [5, 5.41) is 24.3. The topological polar surface area (TPSA) is 94.6 Å². The molecule has 176 valence electrons. The van der Waals surface area contributed by atoms with E-state index in [-0.39, 0.29) is 11.8 Å². The third-order valence-corrected chi connectivity index (χ3v) is 6.11. The van der Waals surface area contributed by atoms with Crippen LogP contribution < -0.4 is 10.3 Å². The molecule has 1 aliphatic rings. The summed E-state index contributed by atoms with van der Waals surface area (Å²) in [7, 11) is 0. The van der Waals surface area contributed by atoms with Crippen LogP contribution >= 0.6 is 0 Å². The van der Waals surface area contributed by atoms with E-state index in [9.17, 15) is 9.90 Å². The van der Waals surface area contributed by atoms with Gasteiger partial charge in [0.2, 0.25) is 11.8 Å². The average Bonchev–Trinajstić information content (AvgIpc) is 3.13. The van der Waals surface area contributed by atoms with Crippen molar-refractivity contribution in [2.24, 2.45) is 15.3 Å². The molecule has 1 aromatic heterocycles. The molecule has 0 saturated carbocycles. The van der Waals surface area contributed by atoms with Crippen LogP contribution in [-0.2, 0) is 11.3 Å². The van der Waals surface area contributed by atoms with Crippen molar-refractivity contribution in [1.82, 2.24) is 9.99 Å². The summed E-state index contributed by atoms with van der Waals surface area (Å²) in [5.74, 6) is 0.0781. The lowest BCUT2D eigenvalue weighted by Gasteiger charge is -2.20. The van der Waals surface area contributed by atoms with Crippen molar-refractivity contribution in [3.8, 4) is 5.88 Å². The Labute approximate surface area is 199 Å². The summed E-state index contributed by atoms with van der Waals surface area (Å²) in [4.78, 5) is 13.7. The first-order valence-corrected chi connectivity index (χ1v) is 11.7. The number of hydrazone groups is 1. The lowest BCUT2D eigenvalue weighted by atomic mass is 10.0. The molecule has 0 aliphatic carbocycles. The molecule has 0 atom stereocenters. The fourth-order valence-corrected chi connectivity index (χ4v) is 4.22. The lowest BCUT2D eigenvalue weighted by Crippen LogP contribution is -2.25. The predicted octanol–water partition coefficient (Wildman–Crippen LogP) is 4.28. The largest absolute Gasteiger partial charge is 0.494 e. The summed E-state index contributed by atoms with van der Waals surface area (Å²) in [6.07, 6.45) is 4.30. The normalized spacial score (nSPS) is 14.2. The maximum absolute atomic E-state index is 11.4. The SMILES string of the molecule is CCN(CC)c1ccc(C=N/N=C/c2c(O)n(CC)c3cc(C4=NNC(=O)CC4)ccc23)cc1. The van der Waals surface area contributed by atoms with Crippen LogP contribution in [0, 0.1) is 0 Å². The molecule has 0 saturated heterocycles. The van der Waals surface area contributed by atoms with E-state index in [4.69, 9.17) is 0 Å². The third-order valence-electron chi connectivity index (χ3n) is 6.11. The molecule has 2 N–H and O–H groups in total. The third kappa shape index (κ3) is 4.71. The summed E-state index contributed by atoms with van der Waals surface area (Å²) in [6, 6.07) is 14.1. The number of carbonyl (C=O) groups excluding carboxylic acids is 1. The molecule has 2 aromatic carbocycles. The Morgan fingerprint density at radius 2 is 1.79 bits per heavy atom. The monoisotopic (exact) mass is 458 g/mol. The Morgan fingerprint density at radius 1 is 1.06 bits per heavy atom. The highest BCUT2D eigenvalue weighted by Crippen LogP contribution is 2.31. The van der Waals surface area contributed by atoms with Crippen molar-refractivity contribution in [2.75, 3.05) is 18.0 Å². The first kappa shape index (κ1) is 23.2. The van der Waals surface area contributed by atoms with Gasteiger partial charge in [0, 0.05) is 43.5 Å². The van der Waals surface area contributed by atoms with E-state index in [0.717, 1.165) is 40.8 Å². The van der Waals surface area contributed by atoms with Gasteiger partial charge in [-0.1, -0.05) is 24.3 Å². The van der Waals surface area contributed by atoms with Crippen LogP contribution in [0.4, 0.5) is 5.69 Å². The van der Waals surface area contributed by atoms with Crippen molar-refractivity contribution in [3.05, 3.63) is 59.2 Å². The minimum absolute atomic E-state index is 0.0710. The molecule has 34 heavy (non-hydrogen) atoms. The predicted molar refractivity (Wildman–Crippen MR) is 138 cm³/mol. The fraction of sp³-hybridized carbons (Fsp3) is 0.308.